The van der Waals surface area contributed by atoms with Crippen molar-refractivity contribution in [1.29, 1.82) is 0 Å². The van der Waals surface area contributed by atoms with Crippen LogP contribution in [-0.2, 0) is 6.42 Å². The molecule has 0 aliphatic carbocycles. The maximum atomic E-state index is 6.01. The molecule has 1 aromatic carbocycles. The lowest BCUT2D eigenvalue weighted by Crippen LogP contribution is -2.03. The van der Waals surface area contributed by atoms with Crippen molar-refractivity contribution >= 4 is 17.4 Å². The highest BCUT2D eigenvalue weighted by Crippen LogP contribution is 2.32. The standard InChI is InChI=1S/C14H16ClN3O/c1-4-11-13(16)17-7-18-14(11)19-12-8(2)5-10(15)6-9(12)3/h5-7H,4H2,1-3H3,(H2,16,17,18). The predicted molar refractivity (Wildman–Crippen MR) is 76.8 cm³/mol. The zero-order valence-corrected chi connectivity index (χ0v) is 12.0. The first-order chi connectivity index (χ1) is 9.02. The minimum atomic E-state index is 0.455. The molecule has 2 aromatic rings. The van der Waals surface area contributed by atoms with Crippen LogP contribution in [0.2, 0.25) is 5.02 Å². The van der Waals surface area contributed by atoms with Gasteiger partial charge in [-0.3, -0.25) is 0 Å². The third-order valence-corrected chi connectivity index (χ3v) is 3.13. The number of hydrogen-bond donors (Lipinski definition) is 1. The topological polar surface area (TPSA) is 61.0 Å². The molecule has 0 saturated carbocycles. The van der Waals surface area contributed by atoms with Gasteiger partial charge < -0.3 is 10.5 Å². The highest BCUT2D eigenvalue weighted by Gasteiger charge is 2.13. The van der Waals surface area contributed by atoms with Crippen LogP contribution in [0.5, 0.6) is 11.6 Å². The fourth-order valence-corrected chi connectivity index (χ4v) is 2.31. The Labute approximate surface area is 117 Å². The van der Waals surface area contributed by atoms with Crippen molar-refractivity contribution in [3.05, 3.63) is 40.2 Å². The molecule has 0 fully saturated rings. The van der Waals surface area contributed by atoms with E-state index in [0.29, 0.717) is 23.1 Å². The Kier molecular flexibility index (Phi) is 3.90. The van der Waals surface area contributed by atoms with Crippen molar-refractivity contribution < 1.29 is 4.74 Å². The zero-order valence-electron chi connectivity index (χ0n) is 11.2. The van der Waals surface area contributed by atoms with E-state index in [1.54, 1.807) is 0 Å². The molecule has 1 heterocycles. The number of nitrogens with two attached hydrogens (primary N) is 1. The molecule has 100 valence electrons. The number of aromatic nitrogens is 2. The van der Waals surface area contributed by atoms with Gasteiger partial charge in [0, 0.05) is 5.02 Å². The van der Waals surface area contributed by atoms with Gasteiger partial charge in [0.25, 0.3) is 0 Å². The lowest BCUT2D eigenvalue weighted by molar-refractivity contribution is 0.449. The smallest absolute Gasteiger partial charge is 0.227 e. The minimum absolute atomic E-state index is 0.455. The number of nitrogen functional groups attached to an aromatic ring is 1. The summed E-state index contributed by atoms with van der Waals surface area (Å²) in [4.78, 5) is 8.14. The maximum Gasteiger partial charge on any atom is 0.227 e. The Bertz CT molecular complexity index is 591. The van der Waals surface area contributed by atoms with Gasteiger partial charge in [-0.1, -0.05) is 18.5 Å². The van der Waals surface area contributed by atoms with E-state index < -0.39 is 0 Å². The summed E-state index contributed by atoms with van der Waals surface area (Å²) in [6.45, 7) is 5.89. The Morgan fingerprint density at radius 1 is 1.21 bits per heavy atom. The van der Waals surface area contributed by atoms with Crippen LogP contribution in [0.25, 0.3) is 0 Å². The number of nitrogens with zero attached hydrogens (tertiary/aromatic N) is 2. The number of ether oxygens (including phenoxy) is 1. The van der Waals surface area contributed by atoms with E-state index in [-0.39, 0.29) is 0 Å². The monoisotopic (exact) mass is 277 g/mol. The van der Waals surface area contributed by atoms with Gasteiger partial charge in [0.15, 0.2) is 0 Å². The summed E-state index contributed by atoms with van der Waals surface area (Å²) in [6, 6.07) is 3.72. The Balaban J connectivity index is 2.45. The summed E-state index contributed by atoms with van der Waals surface area (Å²) in [6.07, 6.45) is 2.12. The van der Waals surface area contributed by atoms with Gasteiger partial charge >= 0.3 is 0 Å². The van der Waals surface area contributed by atoms with Crippen molar-refractivity contribution in [1.82, 2.24) is 9.97 Å². The summed E-state index contributed by atoms with van der Waals surface area (Å²) in [5, 5.41) is 0.695. The first kappa shape index (κ1) is 13.6. The summed E-state index contributed by atoms with van der Waals surface area (Å²) in [5.41, 5.74) is 8.57. The Hall–Kier alpha value is -1.81. The molecule has 0 amide bonds. The van der Waals surface area contributed by atoms with Crippen LogP contribution < -0.4 is 10.5 Å². The summed E-state index contributed by atoms with van der Waals surface area (Å²) < 4.78 is 5.91. The van der Waals surface area contributed by atoms with Gasteiger partial charge in [-0.05, 0) is 43.5 Å². The number of aryl methyl sites for hydroxylation is 2. The SMILES string of the molecule is CCc1c(N)ncnc1Oc1c(C)cc(Cl)cc1C. The molecule has 0 unspecified atom stereocenters. The molecule has 1 aromatic heterocycles. The summed E-state index contributed by atoms with van der Waals surface area (Å²) in [5.74, 6) is 1.72. The van der Waals surface area contributed by atoms with E-state index in [2.05, 4.69) is 9.97 Å². The molecular formula is C14H16ClN3O. The van der Waals surface area contributed by atoms with Crippen LogP contribution in [0.4, 0.5) is 5.82 Å². The Morgan fingerprint density at radius 3 is 2.42 bits per heavy atom. The fraction of sp³-hybridized carbons (Fsp3) is 0.286. The van der Waals surface area contributed by atoms with E-state index in [1.807, 2.05) is 32.9 Å². The molecular weight excluding hydrogens is 262 g/mol. The average Bonchev–Trinajstić information content (AvgIpc) is 2.34. The van der Waals surface area contributed by atoms with Crippen molar-refractivity contribution in [2.75, 3.05) is 5.73 Å². The van der Waals surface area contributed by atoms with Crippen molar-refractivity contribution in [3.8, 4) is 11.6 Å². The fourth-order valence-electron chi connectivity index (χ4n) is 1.98. The lowest BCUT2D eigenvalue weighted by Gasteiger charge is -2.14. The third-order valence-electron chi connectivity index (χ3n) is 2.92. The van der Waals surface area contributed by atoms with Gasteiger partial charge in [0.2, 0.25) is 5.88 Å². The van der Waals surface area contributed by atoms with E-state index in [9.17, 15) is 0 Å². The summed E-state index contributed by atoms with van der Waals surface area (Å²) in [7, 11) is 0. The number of halogens is 1. The van der Waals surface area contributed by atoms with Crippen LogP contribution in [0.15, 0.2) is 18.5 Å². The summed E-state index contributed by atoms with van der Waals surface area (Å²) >= 11 is 6.01. The first-order valence-electron chi connectivity index (χ1n) is 6.06. The van der Waals surface area contributed by atoms with Crippen LogP contribution in [0, 0.1) is 13.8 Å². The van der Waals surface area contributed by atoms with Gasteiger partial charge in [0.1, 0.15) is 17.9 Å². The molecule has 0 bridgehead atoms. The minimum Gasteiger partial charge on any atom is -0.438 e. The highest BCUT2D eigenvalue weighted by atomic mass is 35.5. The van der Waals surface area contributed by atoms with Gasteiger partial charge in [0.05, 0.1) is 5.56 Å². The van der Waals surface area contributed by atoms with Gasteiger partial charge in [-0.15, -0.1) is 0 Å². The highest BCUT2D eigenvalue weighted by molar-refractivity contribution is 6.30. The first-order valence-corrected chi connectivity index (χ1v) is 6.44. The molecule has 4 nitrogen and oxygen atoms in total. The van der Waals surface area contributed by atoms with Crippen LogP contribution >= 0.6 is 11.6 Å². The molecule has 0 radical (unpaired) electrons. The van der Waals surface area contributed by atoms with Crippen molar-refractivity contribution in [2.24, 2.45) is 0 Å². The van der Waals surface area contributed by atoms with Crippen molar-refractivity contribution in [2.45, 2.75) is 27.2 Å². The average molecular weight is 278 g/mol. The number of rotatable bonds is 3. The molecule has 0 aliphatic rings. The zero-order chi connectivity index (χ0) is 14.0. The molecule has 5 heteroatoms. The predicted octanol–water partition coefficient (Wildman–Crippen LogP) is 3.68. The molecule has 0 aliphatic heterocycles. The number of benzene rings is 1. The van der Waals surface area contributed by atoms with E-state index in [1.165, 1.54) is 6.33 Å². The van der Waals surface area contributed by atoms with E-state index >= 15 is 0 Å². The van der Waals surface area contributed by atoms with E-state index in [0.717, 1.165) is 22.4 Å². The molecule has 2 rings (SSSR count). The molecule has 0 atom stereocenters. The maximum absolute atomic E-state index is 6.01. The Morgan fingerprint density at radius 2 is 1.84 bits per heavy atom. The quantitative estimate of drug-likeness (QED) is 0.929. The lowest BCUT2D eigenvalue weighted by atomic mass is 10.1. The second-order valence-electron chi connectivity index (χ2n) is 4.37. The van der Waals surface area contributed by atoms with Crippen LogP contribution in [0.3, 0.4) is 0 Å². The molecule has 0 saturated heterocycles. The number of anilines is 1. The van der Waals surface area contributed by atoms with Crippen molar-refractivity contribution in [3.63, 3.8) is 0 Å². The second-order valence-corrected chi connectivity index (χ2v) is 4.80. The van der Waals surface area contributed by atoms with Crippen LogP contribution in [-0.4, -0.2) is 9.97 Å². The normalized spacial score (nSPS) is 10.5. The molecule has 0 spiro atoms. The number of hydrogen-bond acceptors (Lipinski definition) is 4. The van der Waals surface area contributed by atoms with Crippen LogP contribution in [0.1, 0.15) is 23.6 Å². The second kappa shape index (κ2) is 5.45. The van der Waals surface area contributed by atoms with Gasteiger partial charge in [-0.2, -0.15) is 0 Å². The van der Waals surface area contributed by atoms with E-state index in [4.69, 9.17) is 22.1 Å². The van der Waals surface area contributed by atoms with Gasteiger partial charge in [-0.25, -0.2) is 9.97 Å². The largest absolute Gasteiger partial charge is 0.438 e. The third kappa shape index (κ3) is 2.79. The molecule has 2 N–H and O–H groups in total. The molecule has 19 heavy (non-hydrogen) atoms.